The quantitative estimate of drug-likeness (QED) is 0.698. The van der Waals surface area contributed by atoms with Gasteiger partial charge >= 0.3 is 0 Å². The standard InChI is InChI=1S/C16H13/c1-2-5-13(6-3-1)11-14-9-10-15-7-4-8-16(15)12-14/h1-10,12H,11H2. The third kappa shape index (κ3) is 1.79. The maximum atomic E-state index is 2.28. The lowest BCUT2D eigenvalue weighted by atomic mass is 10.0. The Bertz CT molecular complexity index is 521. The zero-order valence-electron chi connectivity index (χ0n) is 9.06. The molecule has 0 heteroatoms. The fourth-order valence-electron chi connectivity index (χ4n) is 2.12. The van der Waals surface area contributed by atoms with Gasteiger partial charge < -0.3 is 0 Å². The Hall–Kier alpha value is -1.82. The van der Waals surface area contributed by atoms with Crippen molar-refractivity contribution < 1.29 is 0 Å². The van der Waals surface area contributed by atoms with Crippen LogP contribution < -0.4 is 0 Å². The second kappa shape index (κ2) is 3.97. The van der Waals surface area contributed by atoms with Crippen molar-refractivity contribution in [2.75, 3.05) is 0 Å². The fourth-order valence-corrected chi connectivity index (χ4v) is 2.12. The highest BCUT2D eigenvalue weighted by atomic mass is 14.1. The van der Waals surface area contributed by atoms with Crippen molar-refractivity contribution in [3.8, 4) is 0 Å². The van der Waals surface area contributed by atoms with Crippen molar-refractivity contribution >= 4 is 6.08 Å². The lowest BCUT2D eigenvalue weighted by Gasteiger charge is -2.04. The van der Waals surface area contributed by atoms with Crippen LogP contribution in [0.4, 0.5) is 0 Å². The number of benzene rings is 2. The highest BCUT2D eigenvalue weighted by Crippen LogP contribution is 2.23. The summed E-state index contributed by atoms with van der Waals surface area (Å²) < 4.78 is 0. The molecule has 1 aliphatic carbocycles. The van der Waals surface area contributed by atoms with Crippen LogP contribution in [-0.2, 0) is 6.42 Å². The lowest BCUT2D eigenvalue weighted by molar-refractivity contribution is 1.19. The highest BCUT2D eigenvalue weighted by molar-refractivity contribution is 5.65. The van der Waals surface area contributed by atoms with Crippen LogP contribution in [0.2, 0.25) is 0 Å². The first-order chi connectivity index (χ1) is 7.92. The molecule has 0 atom stereocenters. The van der Waals surface area contributed by atoms with Gasteiger partial charge in [-0.3, -0.25) is 0 Å². The minimum Gasteiger partial charge on any atom is -0.0755 e. The molecule has 0 unspecified atom stereocenters. The topological polar surface area (TPSA) is 0 Å². The molecule has 3 rings (SSSR count). The van der Waals surface area contributed by atoms with Gasteiger partial charge in [-0.15, -0.1) is 0 Å². The summed E-state index contributed by atoms with van der Waals surface area (Å²) in [5.74, 6) is 0. The second-order valence-corrected chi connectivity index (χ2v) is 4.15. The second-order valence-electron chi connectivity index (χ2n) is 4.15. The first-order valence-corrected chi connectivity index (χ1v) is 5.60. The third-order valence-corrected chi connectivity index (χ3v) is 2.95. The summed E-state index contributed by atoms with van der Waals surface area (Å²) >= 11 is 0. The predicted molar refractivity (Wildman–Crippen MR) is 68.1 cm³/mol. The van der Waals surface area contributed by atoms with E-state index in [4.69, 9.17) is 0 Å². The van der Waals surface area contributed by atoms with Crippen molar-refractivity contribution in [3.63, 3.8) is 0 Å². The monoisotopic (exact) mass is 205 g/mol. The summed E-state index contributed by atoms with van der Waals surface area (Å²) in [5.41, 5.74) is 5.42. The average Bonchev–Trinajstić information content (AvgIpc) is 2.77. The molecule has 0 aromatic heterocycles. The van der Waals surface area contributed by atoms with E-state index in [1.54, 1.807) is 0 Å². The number of hydrogen-bond acceptors (Lipinski definition) is 0. The molecule has 77 valence electrons. The van der Waals surface area contributed by atoms with Gasteiger partial charge in [0, 0.05) is 6.42 Å². The Balaban J connectivity index is 1.88. The third-order valence-electron chi connectivity index (χ3n) is 2.95. The van der Waals surface area contributed by atoms with Crippen LogP contribution >= 0.6 is 0 Å². The van der Waals surface area contributed by atoms with Crippen molar-refractivity contribution in [2.24, 2.45) is 0 Å². The van der Waals surface area contributed by atoms with Gasteiger partial charge in [0.15, 0.2) is 0 Å². The molecule has 16 heavy (non-hydrogen) atoms. The first kappa shape index (κ1) is 9.41. The number of hydrogen-bond donors (Lipinski definition) is 0. The predicted octanol–water partition coefficient (Wildman–Crippen LogP) is 3.86. The van der Waals surface area contributed by atoms with Gasteiger partial charge in [-0.1, -0.05) is 60.7 Å². The first-order valence-electron chi connectivity index (χ1n) is 5.60. The van der Waals surface area contributed by atoms with Crippen LogP contribution in [0.15, 0.2) is 54.6 Å². The number of allylic oxidation sites excluding steroid dienone is 1. The Morgan fingerprint density at radius 2 is 1.62 bits per heavy atom. The lowest BCUT2D eigenvalue weighted by Crippen LogP contribution is -1.89. The van der Waals surface area contributed by atoms with Gasteiger partial charge in [-0.25, -0.2) is 0 Å². The van der Waals surface area contributed by atoms with Crippen molar-refractivity contribution in [2.45, 2.75) is 6.42 Å². The summed E-state index contributed by atoms with van der Waals surface area (Å²) in [6.45, 7) is 0. The molecule has 1 aliphatic rings. The van der Waals surface area contributed by atoms with Gasteiger partial charge in [-0.2, -0.15) is 0 Å². The molecule has 0 bridgehead atoms. The fraction of sp³-hybridized carbons (Fsp3) is 0.0625. The minimum atomic E-state index is 1.02. The van der Waals surface area contributed by atoms with E-state index in [0.29, 0.717) is 0 Å². The van der Waals surface area contributed by atoms with Crippen molar-refractivity contribution in [3.05, 3.63) is 83.3 Å². The molecule has 0 saturated carbocycles. The van der Waals surface area contributed by atoms with Crippen molar-refractivity contribution in [1.82, 2.24) is 0 Å². The largest absolute Gasteiger partial charge is 0.0755 e. The molecule has 0 heterocycles. The molecule has 0 amide bonds. The molecular formula is C16H13. The maximum Gasteiger partial charge on any atom is 0.0131 e. The van der Waals surface area contributed by atoms with Gasteiger partial charge in [0.05, 0.1) is 0 Å². The summed E-state index contributed by atoms with van der Waals surface area (Å²) in [4.78, 5) is 0. The van der Waals surface area contributed by atoms with E-state index >= 15 is 0 Å². The normalized spacial score (nSPS) is 12.8. The summed E-state index contributed by atoms with van der Waals surface area (Å²) in [7, 11) is 0. The van der Waals surface area contributed by atoms with E-state index < -0.39 is 0 Å². The van der Waals surface area contributed by atoms with Gasteiger partial charge in [-0.05, 0) is 28.7 Å². The zero-order valence-corrected chi connectivity index (χ0v) is 9.06. The van der Waals surface area contributed by atoms with E-state index in [-0.39, 0.29) is 0 Å². The smallest absolute Gasteiger partial charge is 0.0131 e. The van der Waals surface area contributed by atoms with E-state index in [2.05, 4.69) is 67.1 Å². The molecule has 2 aromatic carbocycles. The summed E-state index contributed by atoms with van der Waals surface area (Å²) in [6.07, 6.45) is 7.45. The average molecular weight is 205 g/mol. The molecule has 0 aliphatic heterocycles. The molecule has 0 N–H and O–H groups in total. The molecule has 1 radical (unpaired) electrons. The molecule has 2 aromatic rings. The summed E-state index contributed by atoms with van der Waals surface area (Å²) in [6, 6.07) is 17.3. The van der Waals surface area contributed by atoms with Crippen LogP contribution in [0.5, 0.6) is 0 Å². The Morgan fingerprint density at radius 3 is 2.50 bits per heavy atom. The molecule has 0 saturated heterocycles. The van der Waals surface area contributed by atoms with Gasteiger partial charge in [0.2, 0.25) is 0 Å². The molecular weight excluding hydrogens is 192 g/mol. The van der Waals surface area contributed by atoms with Crippen molar-refractivity contribution in [1.29, 1.82) is 0 Å². The molecule has 0 spiro atoms. The maximum absolute atomic E-state index is 2.28. The number of rotatable bonds is 2. The van der Waals surface area contributed by atoms with Crippen LogP contribution in [-0.4, -0.2) is 0 Å². The SMILES string of the molecule is [CH]1C=Cc2cc(Cc3ccccc3)ccc21. The van der Waals surface area contributed by atoms with Crippen LogP contribution in [0, 0.1) is 6.42 Å². The van der Waals surface area contributed by atoms with Crippen LogP contribution in [0.25, 0.3) is 6.08 Å². The highest BCUT2D eigenvalue weighted by Gasteiger charge is 2.05. The van der Waals surface area contributed by atoms with E-state index in [0.717, 1.165) is 6.42 Å². The van der Waals surface area contributed by atoms with E-state index in [9.17, 15) is 0 Å². The van der Waals surface area contributed by atoms with Gasteiger partial charge in [0.1, 0.15) is 0 Å². The molecule has 0 fully saturated rings. The Labute approximate surface area is 96.3 Å². The van der Waals surface area contributed by atoms with Gasteiger partial charge in [0.25, 0.3) is 0 Å². The van der Waals surface area contributed by atoms with Crippen LogP contribution in [0.3, 0.4) is 0 Å². The number of fused-ring (bicyclic) bond motifs is 1. The zero-order chi connectivity index (χ0) is 10.8. The summed E-state index contributed by atoms with van der Waals surface area (Å²) in [5, 5.41) is 0. The molecule has 0 nitrogen and oxygen atoms in total. The Morgan fingerprint density at radius 1 is 0.750 bits per heavy atom. The Kier molecular flexibility index (Phi) is 2.34. The van der Waals surface area contributed by atoms with E-state index in [1.165, 1.54) is 22.3 Å². The van der Waals surface area contributed by atoms with Crippen LogP contribution in [0.1, 0.15) is 22.3 Å². The minimum absolute atomic E-state index is 1.02. The van der Waals surface area contributed by atoms with E-state index in [1.807, 2.05) is 0 Å².